The number of fused-ring (bicyclic) bond motifs is 1. The van der Waals surface area contributed by atoms with Gasteiger partial charge in [0.2, 0.25) is 0 Å². The van der Waals surface area contributed by atoms with E-state index in [0.717, 1.165) is 35.4 Å². The second-order valence-electron chi connectivity index (χ2n) is 4.92. The van der Waals surface area contributed by atoms with Crippen molar-refractivity contribution in [1.29, 1.82) is 0 Å². The number of rotatable bonds is 4. The van der Waals surface area contributed by atoms with Crippen molar-refractivity contribution >= 4 is 16.7 Å². The lowest BCUT2D eigenvalue weighted by Gasteiger charge is -2.03. The molecule has 1 aromatic heterocycles. The molecule has 4 heteroatoms. The summed E-state index contributed by atoms with van der Waals surface area (Å²) in [7, 11) is 2.05. The number of aromatic nitrogens is 2. The summed E-state index contributed by atoms with van der Waals surface area (Å²) >= 11 is 0. The van der Waals surface area contributed by atoms with E-state index in [2.05, 4.69) is 41.3 Å². The average Bonchev–Trinajstić information content (AvgIpc) is 2.82. The van der Waals surface area contributed by atoms with Gasteiger partial charge in [-0.2, -0.15) is 0 Å². The number of nitrogens with one attached hydrogen (secondary N) is 1. The van der Waals surface area contributed by atoms with Crippen LogP contribution < -0.4 is 11.3 Å². The summed E-state index contributed by atoms with van der Waals surface area (Å²) in [5.41, 5.74) is 7.02. The highest BCUT2D eigenvalue weighted by Crippen LogP contribution is 2.20. The normalized spacial score (nSPS) is 10.9. The zero-order valence-electron chi connectivity index (χ0n) is 11.5. The summed E-state index contributed by atoms with van der Waals surface area (Å²) in [4.78, 5) is 4.70. The number of nitrogens with zero attached hydrogens (tertiary/aromatic N) is 2. The molecule has 4 nitrogen and oxygen atoms in total. The predicted molar refractivity (Wildman–Crippen MR) is 82.4 cm³/mol. The number of benzene rings is 2. The quantitative estimate of drug-likeness (QED) is 0.564. The van der Waals surface area contributed by atoms with Crippen molar-refractivity contribution < 1.29 is 0 Å². The van der Waals surface area contributed by atoms with Crippen molar-refractivity contribution in [2.75, 3.05) is 5.43 Å². The van der Waals surface area contributed by atoms with Gasteiger partial charge in [0.1, 0.15) is 5.82 Å². The predicted octanol–water partition coefficient (Wildman–Crippen LogP) is 2.64. The Balaban J connectivity index is 1.86. The number of anilines is 1. The fourth-order valence-electron chi connectivity index (χ4n) is 2.45. The largest absolute Gasteiger partial charge is 0.331 e. The van der Waals surface area contributed by atoms with Gasteiger partial charge in [-0.1, -0.05) is 30.3 Å². The third-order valence-electron chi connectivity index (χ3n) is 3.62. The van der Waals surface area contributed by atoms with Crippen LogP contribution in [-0.2, 0) is 19.9 Å². The van der Waals surface area contributed by atoms with E-state index in [4.69, 9.17) is 10.8 Å². The van der Waals surface area contributed by atoms with E-state index >= 15 is 0 Å². The zero-order chi connectivity index (χ0) is 13.9. The number of hydrogen-bond acceptors (Lipinski definition) is 3. The third kappa shape index (κ3) is 2.38. The standard InChI is InChI=1S/C16H18N4/c1-20-15-11-13(19-17)8-9-14(15)18-16(20)10-7-12-5-3-2-4-6-12/h2-6,8-9,11,19H,7,10,17H2,1H3. The smallest absolute Gasteiger partial charge is 0.109 e. The first-order valence-corrected chi connectivity index (χ1v) is 6.74. The van der Waals surface area contributed by atoms with Crippen LogP contribution in [0.1, 0.15) is 11.4 Å². The molecule has 0 unspecified atom stereocenters. The third-order valence-corrected chi connectivity index (χ3v) is 3.62. The van der Waals surface area contributed by atoms with Crippen LogP contribution in [0.15, 0.2) is 48.5 Å². The second-order valence-corrected chi connectivity index (χ2v) is 4.92. The zero-order valence-corrected chi connectivity index (χ0v) is 11.5. The van der Waals surface area contributed by atoms with Gasteiger partial charge in [-0.15, -0.1) is 0 Å². The number of imidazole rings is 1. The molecule has 0 saturated heterocycles. The van der Waals surface area contributed by atoms with E-state index in [1.807, 2.05) is 24.3 Å². The van der Waals surface area contributed by atoms with Gasteiger partial charge in [0.05, 0.1) is 16.7 Å². The maximum Gasteiger partial charge on any atom is 0.109 e. The molecule has 20 heavy (non-hydrogen) atoms. The van der Waals surface area contributed by atoms with Crippen molar-refractivity contribution in [2.45, 2.75) is 12.8 Å². The first kappa shape index (κ1) is 12.7. The van der Waals surface area contributed by atoms with Crippen LogP contribution >= 0.6 is 0 Å². The highest BCUT2D eigenvalue weighted by atomic mass is 15.2. The SMILES string of the molecule is Cn1c(CCc2ccccc2)nc2ccc(NN)cc21. The van der Waals surface area contributed by atoms with Gasteiger partial charge in [0.15, 0.2) is 0 Å². The molecule has 3 N–H and O–H groups in total. The average molecular weight is 266 g/mol. The van der Waals surface area contributed by atoms with E-state index in [1.165, 1.54) is 5.56 Å². The summed E-state index contributed by atoms with van der Waals surface area (Å²) in [6.45, 7) is 0. The molecule has 0 fully saturated rings. The minimum Gasteiger partial charge on any atom is -0.331 e. The van der Waals surface area contributed by atoms with Crippen LogP contribution in [0.2, 0.25) is 0 Å². The van der Waals surface area contributed by atoms with Crippen LogP contribution in [0.5, 0.6) is 0 Å². The van der Waals surface area contributed by atoms with Crippen molar-refractivity contribution in [1.82, 2.24) is 9.55 Å². The minimum absolute atomic E-state index is 0.898. The molecule has 2 aromatic carbocycles. The molecule has 3 rings (SSSR count). The van der Waals surface area contributed by atoms with Gasteiger partial charge in [-0.25, -0.2) is 4.98 Å². The molecule has 0 aliphatic heterocycles. The molecule has 1 heterocycles. The minimum atomic E-state index is 0.898. The Morgan fingerprint density at radius 3 is 2.65 bits per heavy atom. The molecular formula is C16H18N4. The first-order valence-electron chi connectivity index (χ1n) is 6.74. The van der Waals surface area contributed by atoms with Gasteiger partial charge < -0.3 is 9.99 Å². The second kappa shape index (κ2) is 5.35. The van der Waals surface area contributed by atoms with E-state index in [9.17, 15) is 0 Å². The van der Waals surface area contributed by atoms with Gasteiger partial charge in [-0.05, 0) is 30.2 Å². The molecule has 0 atom stereocenters. The fraction of sp³-hybridized carbons (Fsp3) is 0.188. The Morgan fingerprint density at radius 2 is 1.90 bits per heavy atom. The summed E-state index contributed by atoms with van der Waals surface area (Å²) < 4.78 is 2.14. The molecular weight excluding hydrogens is 248 g/mol. The summed E-state index contributed by atoms with van der Waals surface area (Å²) in [6, 6.07) is 16.5. The van der Waals surface area contributed by atoms with Crippen molar-refractivity contribution in [3.63, 3.8) is 0 Å². The van der Waals surface area contributed by atoms with Crippen LogP contribution in [0.3, 0.4) is 0 Å². The monoisotopic (exact) mass is 266 g/mol. The highest BCUT2D eigenvalue weighted by Gasteiger charge is 2.08. The maximum absolute atomic E-state index is 5.45. The van der Waals surface area contributed by atoms with Gasteiger partial charge in [0, 0.05) is 13.5 Å². The number of nitrogen functional groups attached to an aromatic ring is 1. The Labute approximate surface area is 118 Å². The molecule has 0 bridgehead atoms. The van der Waals surface area contributed by atoms with E-state index < -0.39 is 0 Å². The maximum atomic E-state index is 5.45. The van der Waals surface area contributed by atoms with Crippen LogP contribution in [0.25, 0.3) is 11.0 Å². The lowest BCUT2D eigenvalue weighted by Crippen LogP contribution is -2.06. The van der Waals surface area contributed by atoms with Crippen molar-refractivity contribution in [2.24, 2.45) is 12.9 Å². The molecule has 0 spiro atoms. The Kier molecular flexibility index (Phi) is 3.39. The molecule has 0 saturated carbocycles. The fourth-order valence-corrected chi connectivity index (χ4v) is 2.45. The van der Waals surface area contributed by atoms with Crippen molar-refractivity contribution in [3.8, 4) is 0 Å². The molecule has 3 aromatic rings. The summed E-state index contributed by atoms with van der Waals surface area (Å²) in [5.74, 6) is 6.55. The van der Waals surface area contributed by atoms with Crippen molar-refractivity contribution in [3.05, 3.63) is 59.9 Å². The molecule has 0 radical (unpaired) electrons. The lowest BCUT2D eigenvalue weighted by molar-refractivity contribution is 0.787. The summed E-state index contributed by atoms with van der Waals surface area (Å²) in [6.07, 6.45) is 1.93. The van der Waals surface area contributed by atoms with Gasteiger partial charge in [-0.3, -0.25) is 5.84 Å². The van der Waals surface area contributed by atoms with Gasteiger partial charge >= 0.3 is 0 Å². The van der Waals surface area contributed by atoms with E-state index in [1.54, 1.807) is 0 Å². The number of hydrogen-bond donors (Lipinski definition) is 2. The van der Waals surface area contributed by atoms with E-state index in [-0.39, 0.29) is 0 Å². The Morgan fingerprint density at radius 1 is 1.10 bits per heavy atom. The number of aryl methyl sites for hydroxylation is 3. The molecule has 102 valence electrons. The van der Waals surface area contributed by atoms with Crippen LogP contribution in [-0.4, -0.2) is 9.55 Å². The number of nitrogens with two attached hydrogens (primary N) is 1. The molecule has 0 aliphatic rings. The number of hydrazine groups is 1. The van der Waals surface area contributed by atoms with Crippen LogP contribution in [0.4, 0.5) is 5.69 Å². The van der Waals surface area contributed by atoms with E-state index in [0.29, 0.717) is 0 Å². The lowest BCUT2D eigenvalue weighted by atomic mass is 10.1. The highest BCUT2D eigenvalue weighted by molar-refractivity contribution is 5.80. The Hall–Kier alpha value is -2.33. The Bertz CT molecular complexity index is 716. The first-order chi connectivity index (χ1) is 9.78. The topological polar surface area (TPSA) is 55.9 Å². The summed E-state index contributed by atoms with van der Waals surface area (Å²) in [5, 5.41) is 0. The van der Waals surface area contributed by atoms with Crippen LogP contribution in [0, 0.1) is 0 Å². The van der Waals surface area contributed by atoms with Gasteiger partial charge in [0.25, 0.3) is 0 Å². The molecule has 0 amide bonds. The molecule has 0 aliphatic carbocycles.